The van der Waals surface area contributed by atoms with Crippen LogP contribution in [0.3, 0.4) is 0 Å². The van der Waals surface area contributed by atoms with Crippen molar-refractivity contribution in [1.82, 2.24) is 15.1 Å². The van der Waals surface area contributed by atoms with Crippen molar-refractivity contribution in [1.29, 1.82) is 0 Å². The fourth-order valence-electron chi connectivity index (χ4n) is 2.42. The summed E-state index contributed by atoms with van der Waals surface area (Å²) in [5.74, 6) is -0.0997. The maximum atomic E-state index is 12.2. The molecule has 0 spiro atoms. The van der Waals surface area contributed by atoms with Crippen LogP contribution in [0.4, 0.5) is 0 Å². The van der Waals surface area contributed by atoms with Crippen molar-refractivity contribution in [3.8, 4) is 0 Å². The Kier molecular flexibility index (Phi) is 5.34. The highest BCUT2D eigenvalue weighted by Crippen LogP contribution is 2.24. The molecular formula is C15H28N4O. The largest absolute Gasteiger partial charge is 0.352 e. The molecule has 1 amide bonds. The second-order valence-electron chi connectivity index (χ2n) is 6.69. The average molecular weight is 280 g/mol. The molecule has 5 heteroatoms. The Bertz CT molecular complexity index is 471. The van der Waals surface area contributed by atoms with Crippen molar-refractivity contribution in [2.45, 2.75) is 47.6 Å². The molecule has 5 nitrogen and oxygen atoms in total. The molecule has 1 rings (SSSR count). The second-order valence-corrected chi connectivity index (χ2v) is 6.69. The standard InChI is InChI=1S/C15H28N4O/c1-10-13(11(2)19(6)18-10)9-17-14(20)12(8-16)7-15(3,4)5/h12H,7-9,16H2,1-6H3,(H,17,20). The first-order chi connectivity index (χ1) is 9.15. The summed E-state index contributed by atoms with van der Waals surface area (Å²) in [5.41, 5.74) is 8.97. The zero-order valence-corrected chi connectivity index (χ0v) is 13.6. The van der Waals surface area contributed by atoms with Gasteiger partial charge in [-0.15, -0.1) is 0 Å². The lowest BCUT2D eigenvalue weighted by molar-refractivity contribution is -0.125. The van der Waals surface area contributed by atoms with Gasteiger partial charge in [-0.3, -0.25) is 9.48 Å². The Labute approximate surface area is 121 Å². The third-order valence-corrected chi connectivity index (χ3v) is 3.61. The van der Waals surface area contributed by atoms with Crippen molar-refractivity contribution >= 4 is 5.91 Å². The van der Waals surface area contributed by atoms with E-state index in [2.05, 4.69) is 31.2 Å². The summed E-state index contributed by atoms with van der Waals surface area (Å²) in [6.07, 6.45) is 0.792. The van der Waals surface area contributed by atoms with Crippen LogP contribution >= 0.6 is 0 Å². The highest BCUT2D eigenvalue weighted by atomic mass is 16.1. The van der Waals surface area contributed by atoms with Crippen molar-refractivity contribution in [3.05, 3.63) is 17.0 Å². The summed E-state index contributed by atoms with van der Waals surface area (Å²) in [6.45, 7) is 11.2. The summed E-state index contributed by atoms with van der Waals surface area (Å²) in [7, 11) is 1.91. The number of carbonyl (C=O) groups is 1. The molecule has 0 aliphatic heterocycles. The monoisotopic (exact) mass is 280 g/mol. The van der Waals surface area contributed by atoms with Crippen LogP contribution in [0.25, 0.3) is 0 Å². The second kappa shape index (κ2) is 6.39. The average Bonchev–Trinajstić information content (AvgIpc) is 2.57. The fourth-order valence-corrected chi connectivity index (χ4v) is 2.42. The van der Waals surface area contributed by atoms with Crippen LogP contribution < -0.4 is 11.1 Å². The molecule has 0 saturated carbocycles. The maximum Gasteiger partial charge on any atom is 0.224 e. The van der Waals surface area contributed by atoms with E-state index in [1.54, 1.807) is 0 Å². The smallest absolute Gasteiger partial charge is 0.224 e. The highest BCUT2D eigenvalue weighted by molar-refractivity contribution is 5.78. The lowest BCUT2D eigenvalue weighted by atomic mass is 9.84. The zero-order valence-electron chi connectivity index (χ0n) is 13.6. The summed E-state index contributed by atoms with van der Waals surface area (Å²) in [6, 6.07) is 0. The van der Waals surface area contributed by atoms with E-state index in [1.165, 1.54) is 0 Å². The maximum absolute atomic E-state index is 12.2. The lowest BCUT2D eigenvalue weighted by Crippen LogP contribution is -2.37. The minimum atomic E-state index is -0.132. The van der Waals surface area contributed by atoms with Gasteiger partial charge in [0.15, 0.2) is 0 Å². The molecule has 1 aromatic rings. The van der Waals surface area contributed by atoms with Crippen LogP contribution in [0.5, 0.6) is 0 Å². The minimum absolute atomic E-state index is 0.0325. The quantitative estimate of drug-likeness (QED) is 0.861. The Morgan fingerprint density at radius 3 is 2.40 bits per heavy atom. The molecule has 0 aromatic carbocycles. The topological polar surface area (TPSA) is 72.9 Å². The molecule has 0 saturated heterocycles. The third-order valence-electron chi connectivity index (χ3n) is 3.61. The third kappa shape index (κ3) is 4.34. The van der Waals surface area contributed by atoms with Gasteiger partial charge in [0.25, 0.3) is 0 Å². The molecule has 0 fully saturated rings. The first-order valence-corrected chi connectivity index (χ1v) is 7.12. The predicted molar refractivity (Wildman–Crippen MR) is 81.1 cm³/mol. The van der Waals surface area contributed by atoms with E-state index in [-0.39, 0.29) is 17.2 Å². The Hall–Kier alpha value is -1.36. The van der Waals surface area contributed by atoms with Crippen LogP contribution in [-0.2, 0) is 18.4 Å². The summed E-state index contributed by atoms with van der Waals surface area (Å²) in [5, 5.41) is 7.35. The molecule has 1 unspecified atom stereocenters. The molecule has 0 bridgehead atoms. The molecule has 3 N–H and O–H groups in total. The van der Waals surface area contributed by atoms with Gasteiger partial charge < -0.3 is 11.1 Å². The van der Waals surface area contributed by atoms with Gasteiger partial charge in [-0.05, 0) is 25.7 Å². The van der Waals surface area contributed by atoms with E-state index in [1.807, 2.05) is 25.6 Å². The van der Waals surface area contributed by atoms with Gasteiger partial charge in [0.1, 0.15) is 0 Å². The van der Waals surface area contributed by atoms with Gasteiger partial charge in [-0.1, -0.05) is 20.8 Å². The number of hydrogen-bond acceptors (Lipinski definition) is 3. The van der Waals surface area contributed by atoms with Crippen LogP contribution in [-0.4, -0.2) is 22.2 Å². The number of carbonyl (C=O) groups excluding carboxylic acids is 1. The Morgan fingerprint density at radius 2 is 2.00 bits per heavy atom. The van der Waals surface area contributed by atoms with E-state index < -0.39 is 0 Å². The summed E-state index contributed by atoms with van der Waals surface area (Å²) >= 11 is 0. The van der Waals surface area contributed by atoms with Crippen LogP contribution in [0.15, 0.2) is 0 Å². The number of nitrogens with zero attached hydrogens (tertiary/aromatic N) is 2. The fraction of sp³-hybridized carbons (Fsp3) is 0.733. The molecule has 20 heavy (non-hydrogen) atoms. The van der Waals surface area contributed by atoms with Crippen molar-refractivity contribution in [2.75, 3.05) is 6.54 Å². The van der Waals surface area contributed by atoms with Crippen LogP contribution in [0, 0.1) is 25.2 Å². The van der Waals surface area contributed by atoms with Gasteiger partial charge in [0, 0.05) is 31.4 Å². The zero-order chi connectivity index (χ0) is 15.5. The number of amides is 1. The normalized spacial score (nSPS) is 13.3. The predicted octanol–water partition coefficient (Wildman–Crippen LogP) is 1.66. The summed E-state index contributed by atoms with van der Waals surface area (Å²) < 4.78 is 1.84. The SMILES string of the molecule is Cc1nn(C)c(C)c1CNC(=O)C(CN)CC(C)(C)C. The van der Waals surface area contributed by atoms with Crippen molar-refractivity contribution in [2.24, 2.45) is 24.1 Å². The minimum Gasteiger partial charge on any atom is -0.352 e. The van der Waals surface area contributed by atoms with Crippen molar-refractivity contribution < 1.29 is 4.79 Å². The van der Waals surface area contributed by atoms with E-state index in [0.717, 1.165) is 23.4 Å². The molecule has 1 heterocycles. The molecule has 1 aromatic heterocycles. The van der Waals surface area contributed by atoms with E-state index in [9.17, 15) is 4.79 Å². The van der Waals surface area contributed by atoms with E-state index in [0.29, 0.717) is 13.1 Å². The number of nitrogens with two attached hydrogens (primary N) is 1. The first-order valence-electron chi connectivity index (χ1n) is 7.12. The Balaban J connectivity index is 2.66. The summed E-state index contributed by atoms with van der Waals surface area (Å²) in [4.78, 5) is 12.2. The van der Waals surface area contributed by atoms with Gasteiger partial charge in [0.05, 0.1) is 11.6 Å². The van der Waals surface area contributed by atoms with Gasteiger partial charge in [-0.2, -0.15) is 5.10 Å². The number of aromatic nitrogens is 2. The Morgan fingerprint density at radius 1 is 1.40 bits per heavy atom. The van der Waals surface area contributed by atoms with E-state index >= 15 is 0 Å². The number of hydrogen-bond donors (Lipinski definition) is 2. The molecule has 0 aliphatic carbocycles. The number of aryl methyl sites for hydroxylation is 2. The van der Waals surface area contributed by atoms with Gasteiger partial charge >= 0.3 is 0 Å². The number of nitrogens with one attached hydrogen (secondary N) is 1. The van der Waals surface area contributed by atoms with Crippen molar-refractivity contribution in [3.63, 3.8) is 0 Å². The molecule has 0 aliphatic rings. The molecular weight excluding hydrogens is 252 g/mol. The van der Waals surface area contributed by atoms with Crippen LogP contribution in [0.1, 0.15) is 44.1 Å². The lowest BCUT2D eigenvalue weighted by Gasteiger charge is -2.24. The molecule has 1 atom stereocenters. The van der Waals surface area contributed by atoms with Crippen LogP contribution in [0.2, 0.25) is 0 Å². The van der Waals surface area contributed by atoms with E-state index in [4.69, 9.17) is 5.73 Å². The highest BCUT2D eigenvalue weighted by Gasteiger charge is 2.24. The van der Waals surface area contributed by atoms with Gasteiger partial charge in [-0.25, -0.2) is 0 Å². The molecule has 114 valence electrons. The first kappa shape index (κ1) is 16.7. The number of rotatable bonds is 5. The molecule has 0 radical (unpaired) electrons. The van der Waals surface area contributed by atoms with Gasteiger partial charge in [0.2, 0.25) is 5.91 Å².